The maximum Gasteiger partial charge on any atom is 0.0195 e. The minimum absolute atomic E-state index is 0.760. The van der Waals surface area contributed by atoms with Crippen molar-refractivity contribution in [3.05, 3.63) is 0 Å². The smallest absolute Gasteiger partial charge is 0.0195 e. The lowest BCUT2D eigenvalue weighted by molar-refractivity contribution is 0.167. The molecule has 0 aromatic rings. The van der Waals surface area contributed by atoms with E-state index in [1.807, 2.05) is 0 Å². The van der Waals surface area contributed by atoms with Crippen LogP contribution in [0.3, 0.4) is 0 Å². The van der Waals surface area contributed by atoms with E-state index in [0.29, 0.717) is 0 Å². The Balaban J connectivity index is 1.83. The third-order valence-corrected chi connectivity index (χ3v) is 4.95. The Bertz CT molecular complexity index is 225. The first-order valence-corrected chi connectivity index (χ1v) is 8.73. The van der Waals surface area contributed by atoms with E-state index in [9.17, 15) is 0 Å². The molecule has 112 valence electrons. The van der Waals surface area contributed by atoms with Gasteiger partial charge in [0.2, 0.25) is 0 Å². The Hall–Kier alpha value is -0.0800. The van der Waals surface area contributed by atoms with E-state index in [4.69, 9.17) is 0 Å². The molecule has 0 amide bonds. The molecule has 0 radical (unpaired) electrons. The van der Waals surface area contributed by atoms with Crippen molar-refractivity contribution in [2.45, 2.75) is 83.7 Å². The highest BCUT2D eigenvalue weighted by molar-refractivity contribution is 4.82. The maximum absolute atomic E-state index is 3.78. The average molecular weight is 266 g/mol. The van der Waals surface area contributed by atoms with Crippen LogP contribution >= 0.6 is 0 Å². The van der Waals surface area contributed by atoms with Crippen LogP contribution in [0.15, 0.2) is 0 Å². The van der Waals surface area contributed by atoms with Gasteiger partial charge in [-0.25, -0.2) is 0 Å². The molecule has 0 aromatic heterocycles. The van der Waals surface area contributed by atoms with E-state index in [1.54, 1.807) is 0 Å². The molecular formula is C17H34N2. The molecule has 2 rings (SSSR count). The van der Waals surface area contributed by atoms with Crippen molar-refractivity contribution in [1.29, 1.82) is 0 Å². The second kappa shape index (κ2) is 8.26. The van der Waals surface area contributed by atoms with Gasteiger partial charge in [0, 0.05) is 18.6 Å². The molecular weight excluding hydrogens is 232 g/mol. The van der Waals surface area contributed by atoms with Gasteiger partial charge in [-0.3, -0.25) is 4.90 Å². The highest BCUT2D eigenvalue weighted by Gasteiger charge is 2.25. The average Bonchev–Trinajstić information content (AvgIpc) is 2.79. The molecule has 2 heteroatoms. The maximum atomic E-state index is 3.78. The van der Waals surface area contributed by atoms with Gasteiger partial charge in [-0.2, -0.15) is 0 Å². The van der Waals surface area contributed by atoms with Gasteiger partial charge in [0.1, 0.15) is 0 Å². The third kappa shape index (κ3) is 5.43. The van der Waals surface area contributed by atoms with Gasteiger partial charge < -0.3 is 5.32 Å². The largest absolute Gasteiger partial charge is 0.313 e. The van der Waals surface area contributed by atoms with Crippen LogP contribution in [0.5, 0.6) is 0 Å². The zero-order valence-electron chi connectivity index (χ0n) is 13.2. The lowest BCUT2D eigenvalue weighted by Gasteiger charge is -2.33. The molecule has 2 aliphatic rings. The van der Waals surface area contributed by atoms with Crippen LogP contribution in [0.4, 0.5) is 0 Å². The highest BCUT2D eigenvalue weighted by atomic mass is 15.2. The van der Waals surface area contributed by atoms with Gasteiger partial charge in [0.15, 0.2) is 0 Å². The molecule has 19 heavy (non-hydrogen) atoms. The van der Waals surface area contributed by atoms with Gasteiger partial charge in [0.05, 0.1) is 0 Å². The summed E-state index contributed by atoms with van der Waals surface area (Å²) in [5.41, 5.74) is 0. The van der Waals surface area contributed by atoms with E-state index in [1.165, 1.54) is 77.4 Å². The first-order chi connectivity index (χ1) is 9.25. The molecule has 2 nitrogen and oxygen atoms in total. The molecule has 0 bridgehead atoms. The molecule has 1 N–H and O–H groups in total. The Kier molecular flexibility index (Phi) is 6.66. The fourth-order valence-corrected chi connectivity index (χ4v) is 3.66. The van der Waals surface area contributed by atoms with Gasteiger partial charge in [-0.15, -0.1) is 0 Å². The van der Waals surface area contributed by atoms with E-state index in [-0.39, 0.29) is 0 Å². The first kappa shape index (κ1) is 15.3. The van der Waals surface area contributed by atoms with Crippen molar-refractivity contribution in [3.63, 3.8) is 0 Å². The predicted molar refractivity (Wildman–Crippen MR) is 83.5 cm³/mol. The molecule has 1 aliphatic carbocycles. The fraction of sp³-hybridized carbons (Fsp3) is 1.00. The van der Waals surface area contributed by atoms with Crippen LogP contribution in [0.2, 0.25) is 0 Å². The second-order valence-corrected chi connectivity index (χ2v) is 7.12. The van der Waals surface area contributed by atoms with Crippen molar-refractivity contribution >= 4 is 0 Å². The van der Waals surface area contributed by atoms with Crippen LogP contribution in [-0.4, -0.2) is 36.6 Å². The summed E-state index contributed by atoms with van der Waals surface area (Å²) in [6, 6.07) is 1.65. The SMILES string of the molecule is CC(C)CCN(CC1CCCCCN1)C1CCCC1. The molecule has 1 saturated carbocycles. The Morgan fingerprint density at radius 2 is 1.74 bits per heavy atom. The van der Waals surface area contributed by atoms with Crippen LogP contribution < -0.4 is 5.32 Å². The molecule has 0 spiro atoms. The summed E-state index contributed by atoms with van der Waals surface area (Å²) in [7, 11) is 0. The van der Waals surface area contributed by atoms with Crippen LogP contribution in [-0.2, 0) is 0 Å². The zero-order valence-corrected chi connectivity index (χ0v) is 13.2. The lowest BCUT2D eigenvalue weighted by Crippen LogP contribution is -2.45. The van der Waals surface area contributed by atoms with Gasteiger partial charge >= 0.3 is 0 Å². The molecule has 1 aliphatic heterocycles. The standard InChI is InChI=1S/C17H34N2/c1-15(2)11-13-19(17-9-5-6-10-17)14-16-8-4-3-7-12-18-16/h15-18H,3-14H2,1-2H3. The normalized spacial score (nSPS) is 26.2. The highest BCUT2D eigenvalue weighted by Crippen LogP contribution is 2.25. The molecule has 1 unspecified atom stereocenters. The van der Waals surface area contributed by atoms with E-state index in [2.05, 4.69) is 24.1 Å². The van der Waals surface area contributed by atoms with Gasteiger partial charge in [-0.1, -0.05) is 39.5 Å². The number of nitrogens with zero attached hydrogens (tertiary/aromatic N) is 1. The van der Waals surface area contributed by atoms with E-state index >= 15 is 0 Å². The summed E-state index contributed by atoms with van der Waals surface area (Å²) in [5, 5.41) is 3.78. The Morgan fingerprint density at radius 1 is 1.00 bits per heavy atom. The van der Waals surface area contributed by atoms with Crippen molar-refractivity contribution < 1.29 is 0 Å². The summed E-state index contributed by atoms with van der Waals surface area (Å²) in [5.74, 6) is 0.839. The molecule has 0 aromatic carbocycles. The Labute approximate surface area is 120 Å². The predicted octanol–water partition coefficient (Wildman–Crippen LogP) is 3.81. The second-order valence-electron chi connectivity index (χ2n) is 7.12. The minimum Gasteiger partial charge on any atom is -0.313 e. The molecule has 1 heterocycles. The zero-order chi connectivity index (χ0) is 13.5. The Morgan fingerprint density at radius 3 is 2.47 bits per heavy atom. The van der Waals surface area contributed by atoms with Crippen molar-refractivity contribution in [3.8, 4) is 0 Å². The number of rotatable bonds is 6. The van der Waals surface area contributed by atoms with Crippen LogP contribution in [0.25, 0.3) is 0 Å². The third-order valence-electron chi connectivity index (χ3n) is 4.95. The number of hydrogen-bond acceptors (Lipinski definition) is 2. The fourth-order valence-electron chi connectivity index (χ4n) is 3.66. The van der Waals surface area contributed by atoms with Gasteiger partial charge in [0.25, 0.3) is 0 Å². The molecule has 1 atom stereocenters. The van der Waals surface area contributed by atoms with Crippen molar-refractivity contribution in [2.75, 3.05) is 19.6 Å². The summed E-state index contributed by atoms with van der Waals surface area (Å²) < 4.78 is 0. The number of hydrogen-bond donors (Lipinski definition) is 1. The molecule has 1 saturated heterocycles. The summed E-state index contributed by atoms with van der Waals surface area (Å²) in [4.78, 5) is 2.83. The van der Waals surface area contributed by atoms with Gasteiger partial charge in [-0.05, 0) is 51.1 Å². The molecule has 2 fully saturated rings. The first-order valence-electron chi connectivity index (χ1n) is 8.73. The number of nitrogens with one attached hydrogen (secondary N) is 1. The summed E-state index contributed by atoms with van der Waals surface area (Å²) in [6.07, 6.45) is 12.8. The van der Waals surface area contributed by atoms with Crippen molar-refractivity contribution in [2.24, 2.45) is 5.92 Å². The van der Waals surface area contributed by atoms with E-state index in [0.717, 1.165) is 18.0 Å². The quantitative estimate of drug-likeness (QED) is 0.786. The van der Waals surface area contributed by atoms with Crippen LogP contribution in [0, 0.1) is 5.92 Å². The topological polar surface area (TPSA) is 15.3 Å². The van der Waals surface area contributed by atoms with Crippen molar-refractivity contribution in [1.82, 2.24) is 10.2 Å². The lowest BCUT2D eigenvalue weighted by atomic mass is 10.1. The summed E-state index contributed by atoms with van der Waals surface area (Å²) >= 11 is 0. The minimum atomic E-state index is 0.760. The summed E-state index contributed by atoms with van der Waals surface area (Å²) in [6.45, 7) is 8.58. The van der Waals surface area contributed by atoms with E-state index < -0.39 is 0 Å². The monoisotopic (exact) mass is 266 g/mol. The van der Waals surface area contributed by atoms with Crippen LogP contribution in [0.1, 0.15) is 71.6 Å².